The normalized spacial score (nSPS) is 15.2. The summed E-state index contributed by atoms with van der Waals surface area (Å²) in [6, 6.07) is 11.1. The minimum atomic E-state index is -0.320. The molecule has 0 saturated carbocycles. The molecule has 2 N–H and O–H groups in total. The molecule has 2 aromatic rings. The topological polar surface area (TPSA) is 79.9 Å². The van der Waals surface area contributed by atoms with Crippen molar-refractivity contribution in [3.8, 4) is 11.5 Å². The lowest BCUT2D eigenvalue weighted by Crippen LogP contribution is -2.47. The van der Waals surface area contributed by atoms with E-state index >= 15 is 0 Å². The van der Waals surface area contributed by atoms with Crippen LogP contribution in [0, 0.1) is 12.8 Å². The number of hydrogen-bond acceptors (Lipinski definition) is 4. The van der Waals surface area contributed by atoms with E-state index in [1.807, 2.05) is 57.2 Å². The number of hydrogen-bond donors (Lipinski definition) is 2. The molecule has 1 unspecified atom stereocenters. The number of rotatable bonds is 7. The summed E-state index contributed by atoms with van der Waals surface area (Å²) in [5.41, 5.74) is 3.86. The van der Waals surface area contributed by atoms with E-state index in [4.69, 9.17) is 9.47 Å². The van der Waals surface area contributed by atoms with Crippen molar-refractivity contribution in [2.45, 2.75) is 39.7 Å². The molecular formula is C25H33N3O4. The lowest BCUT2D eigenvalue weighted by Gasteiger charge is -2.38. The molecule has 0 aromatic heterocycles. The molecule has 7 nitrogen and oxygen atoms in total. The molecule has 7 heteroatoms. The number of amides is 3. The van der Waals surface area contributed by atoms with Gasteiger partial charge in [-0.1, -0.05) is 26.0 Å². The number of ether oxygens (including phenoxy) is 2. The lowest BCUT2D eigenvalue weighted by molar-refractivity contribution is -0.122. The van der Waals surface area contributed by atoms with E-state index in [0.29, 0.717) is 37.4 Å². The first-order chi connectivity index (χ1) is 15.3. The van der Waals surface area contributed by atoms with Gasteiger partial charge in [0.2, 0.25) is 5.91 Å². The number of nitrogens with zero attached hydrogens (tertiary/aromatic N) is 1. The van der Waals surface area contributed by atoms with Crippen molar-refractivity contribution in [3.05, 3.63) is 53.1 Å². The van der Waals surface area contributed by atoms with Gasteiger partial charge >= 0.3 is 6.03 Å². The Morgan fingerprint density at radius 1 is 1.12 bits per heavy atom. The van der Waals surface area contributed by atoms with Gasteiger partial charge in [-0.25, -0.2) is 4.79 Å². The van der Waals surface area contributed by atoms with Crippen LogP contribution >= 0.6 is 0 Å². The molecule has 0 aliphatic carbocycles. The van der Waals surface area contributed by atoms with E-state index in [1.54, 1.807) is 19.1 Å². The smallest absolute Gasteiger partial charge is 0.322 e. The van der Waals surface area contributed by atoms with E-state index in [9.17, 15) is 9.59 Å². The minimum Gasteiger partial charge on any atom is -0.493 e. The maximum atomic E-state index is 13.2. The second kappa shape index (κ2) is 10.4. The fourth-order valence-corrected chi connectivity index (χ4v) is 4.06. The van der Waals surface area contributed by atoms with E-state index < -0.39 is 0 Å². The Hall–Kier alpha value is -3.22. The number of aryl methyl sites for hydroxylation is 1. The molecule has 3 rings (SSSR count). The Labute approximate surface area is 190 Å². The van der Waals surface area contributed by atoms with Crippen LogP contribution in [0.2, 0.25) is 0 Å². The number of carbonyl (C=O) groups is 2. The highest BCUT2D eigenvalue weighted by molar-refractivity contribution is 5.90. The molecule has 0 spiro atoms. The van der Waals surface area contributed by atoms with Crippen molar-refractivity contribution >= 4 is 17.6 Å². The van der Waals surface area contributed by atoms with Crippen molar-refractivity contribution in [3.63, 3.8) is 0 Å². The summed E-state index contributed by atoms with van der Waals surface area (Å²) in [5, 5.41) is 6.02. The quantitative estimate of drug-likeness (QED) is 0.674. The van der Waals surface area contributed by atoms with Crippen molar-refractivity contribution in [2.75, 3.05) is 32.6 Å². The molecule has 0 radical (unpaired) electrons. The molecule has 0 bridgehead atoms. The number of methoxy groups -OCH3 is 2. The second-order valence-corrected chi connectivity index (χ2v) is 8.57. The SMILES string of the molecule is COc1cc2c(cc1OC)C(CNC(=O)CC(C)C)N(C(=O)Nc1cccc(C)c1)CC2. The van der Waals surface area contributed by atoms with Crippen LogP contribution in [0.25, 0.3) is 0 Å². The van der Waals surface area contributed by atoms with Crippen molar-refractivity contribution in [2.24, 2.45) is 5.92 Å². The van der Waals surface area contributed by atoms with Gasteiger partial charge in [0.15, 0.2) is 11.5 Å². The van der Waals surface area contributed by atoms with E-state index in [-0.39, 0.29) is 23.9 Å². The average molecular weight is 440 g/mol. The van der Waals surface area contributed by atoms with Gasteiger partial charge in [-0.15, -0.1) is 0 Å². The third kappa shape index (κ3) is 5.52. The molecular weight excluding hydrogens is 406 g/mol. The molecule has 2 aromatic carbocycles. The molecule has 0 saturated heterocycles. The molecule has 1 aliphatic heterocycles. The molecule has 3 amide bonds. The maximum absolute atomic E-state index is 13.2. The predicted molar refractivity (Wildman–Crippen MR) is 125 cm³/mol. The number of urea groups is 1. The Morgan fingerprint density at radius 2 is 1.84 bits per heavy atom. The molecule has 32 heavy (non-hydrogen) atoms. The number of benzene rings is 2. The Balaban J connectivity index is 1.89. The van der Waals surface area contributed by atoms with Gasteiger partial charge < -0.3 is 25.0 Å². The molecule has 0 fully saturated rings. The minimum absolute atomic E-state index is 0.0216. The van der Waals surface area contributed by atoms with Crippen LogP contribution in [0.1, 0.15) is 43.0 Å². The number of anilines is 1. The van der Waals surface area contributed by atoms with Gasteiger partial charge in [-0.2, -0.15) is 0 Å². The average Bonchev–Trinajstić information content (AvgIpc) is 2.75. The highest BCUT2D eigenvalue weighted by Crippen LogP contribution is 2.38. The van der Waals surface area contributed by atoms with Crippen LogP contribution < -0.4 is 20.1 Å². The zero-order chi connectivity index (χ0) is 23.3. The van der Waals surface area contributed by atoms with Crippen LogP contribution in [-0.4, -0.2) is 44.1 Å². The van der Waals surface area contributed by atoms with Crippen molar-refractivity contribution in [1.82, 2.24) is 10.2 Å². The van der Waals surface area contributed by atoms with Gasteiger partial charge in [0, 0.05) is 25.2 Å². The number of nitrogens with one attached hydrogen (secondary N) is 2. The highest BCUT2D eigenvalue weighted by atomic mass is 16.5. The Morgan fingerprint density at radius 3 is 2.50 bits per heavy atom. The second-order valence-electron chi connectivity index (χ2n) is 8.57. The van der Waals surface area contributed by atoms with Gasteiger partial charge in [-0.3, -0.25) is 4.79 Å². The van der Waals surface area contributed by atoms with Crippen LogP contribution in [0.15, 0.2) is 36.4 Å². The standard InChI is InChI=1S/C25H33N3O4/c1-16(2)11-24(29)26-15-21-20-14-23(32-5)22(31-4)13-18(20)9-10-28(21)25(30)27-19-8-6-7-17(3)12-19/h6-8,12-14,16,21H,9-11,15H2,1-5H3,(H,26,29)(H,27,30). The summed E-state index contributed by atoms with van der Waals surface area (Å²) in [4.78, 5) is 27.4. The van der Waals surface area contributed by atoms with Gasteiger partial charge in [-0.05, 0) is 60.2 Å². The summed E-state index contributed by atoms with van der Waals surface area (Å²) in [5.74, 6) is 1.50. The Bertz CT molecular complexity index is 974. The number of fused-ring (bicyclic) bond motifs is 1. The molecule has 1 heterocycles. The number of carbonyl (C=O) groups excluding carboxylic acids is 2. The zero-order valence-corrected chi connectivity index (χ0v) is 19.5. The van der Waals surface area contributed by atoms with Gasteiger partial charge in [0.05, 0.1) is 20.3 Å². The maximum Gasteiger partial charge on any atom is 0.322 e. The monoisotopic (exact) mass is 439 g/mol. The van der Waals surface area contributed by atoms with Crippen LogP contribution in [0.3, 0.4) is 0 Å². The predicted octanol–water partition coefficient (Wildman–Crippen LogP) is 4.31. The van der Waals surface area contributed by atoms with E-state index in [0.717, 1.165) is 22.4 Å². The zero-order valence-electron chi connectivity index (χ0n) is 19.5. The molecule has 172 valence electrons. The van der Waals surface area contributed by atoms with Crippen molar-refractivity contribution in [1.29, 1.82) is 0 Å². The van der Waals surface area contributed by atoms with Crippen LogP contribution in [0.4, 0.5) is 10.5 Å². The fraction of sp³-hybridized carbons (Fsp3) is 0.440. The van der Waals surface area contributed by atoms with Crippen molar-refractivity contribution < 1.29 is 19.1 Å². The van der Waals surface area contributed by atoms with E-state index in [1.165, 1.54) is 0 Å². The third-order valence-electron chi connectivity index (χ3n) is 5.62. The first-order valence-corrected chi connectivity index (χ1v) is 11.0. The summed E-state index contributed by atoms with van der Waals surface area (Å²) in [7, 11) is 3.20. The van der Waals surface area contributed by atoms with E-state index in [2.05, 4.69) is 10.6 Å². The largest absolute Gasteiger partial charge is 0.493 e. The fourth-order valence-electron chi connectivity index (χ4n) is 4.06. The summed E-state index contributed by atoms with van der Waals surface area (Å²) < 4.78 is 11.0. The lowest BCUT2D eigenvalue weighted by atomic mass is 9.91. The Kier molecular flexibility index (Phi) is 7.62. The summed E-state index contributed by atoms with van der Waals surface area (Å²) >= 11 is 0. The highest BCUT2D eigenvalue weighted by Gasteiger charge is 2.32. The molecule has 1 atom stereocenters. The first-order valence-electron chi connectivity index (χ1n) is 11.0. The van der Waals surface area contributed by atoms with Gasteiger partial charge in [0.1, 0.15) is 0 Å². The summed E-state index contributed by atoms with van der Waals surface area (Å²) in [6.45, 7) is 6.86. The van der Waals surface area contributed by atoms with Crippen LogP contribution in [-0.2, 0) is 11.2 Å². The first kappa shape index (κ1) is 23.4. The molecule has 1 aliphatic rings. The van der Waals surface area contributed by atoms with Crippen LogP contribution in [0.5, 0.6) is 11.5 Å². The third-order valence-corrected chi connectivity index (χ3v) is 5.62. The van der Waals surface area contributed by atoms with Gasteiger partial charge in [0.25, 0.3) is 0 Å². The summed E-state index contributed by atoms with van der Waals surface area (Å²) in [6.07, 6.45) is 1.13.